The molecule has 2 heterocycles. The van der Waals surface area contributed by atoms with Crippen molar-refractivity contribution in [3.8, 4) is 11.6 Å². The molecule has 1 aromatic heterocycles. The van der Waals surface area contributed by atoms with Crippen LogP contribution in [0.4, 0.5) is 22.4 Å². The molecule has 2 aromatic rings. The van der Waals surface area contributed by atoms with E-state index in [-0.39, 0.29) is 18.7 Å². The molecule has 0 saturated carbocycles. The van der Waals surface area contributed by atoms with Gasteiger partial charge in [-0.15, -0.1) is 13.2 Å². The van der Waals surface area contributed by atoms with Crippen LogP contribution in [0, 0.1) is 5.82 Å². The number of rotatable bonds is 4. The van der Waals surface area contributed by atoms with E-state index in [0.717, 1.165) is 12.1 Å². The first-order chi connectivity index (χ1) is 12.3. The van der Waals surface area contributed by atoms with Gasteiger partial charge in [0.05, 0.1) is 5.56 Å². The van der Waals surface area contributed by atoms with E-state index < -0.39 is 30.1 Å². The SMILES string of the molecule is O=C(NCc1ccc(OC(F)(F)F)c(F)c1)OC1COc2ncccc21. The number of carbonyl (C=O) groups excluding carboxylic acids is 1. The van der Waals surface area contributed by atoms with Crippen LogP contribution in [0.5, 0.6) is 11.6 Å². The maximum atomic E-state index is 13.6. The van der Waals surface area contributed by atoms with Crippen molar-refractivity contribution >= 4 is 6.09 Å². The molecule has 0 saturated heterocycles. The monoisotopic (exact) mass is 372 g/mol. The summed E-state index contributed by atoms with van der Waals surface area (Å²) >= 11 is 0. The fourth-order valence-corrected chi connectivity index (χ4v) is 2.32. The van der Waals surface area contributed by atoms with E-state index in [2.05, 4.69) is 15.0 Å². The fourth-order valence-electron chi connectivity index (χ4n) is 2.32. The smallest absolute Gasteiger partial charge is 0.473 e. The lowest BCUT2D eigenvalue weighted by atomic mass is 10.2. The number of benzene rings is 1. The number of amides is 1. The van der Waals surface area contributed by atoms with E-state index >= 15 is 0 Å². The van der Waals surface area contributed by atoms with Crippen molar-refractivity contribution in [2.24, 2.45) is 0 Å². The first-order valence-corrected chi connectivity index (χ1v) is 7.38. The largest absolute Gasteiger partial charge is 0.573 e. The fraction of sp³-hybridized carbons (Fsp3) is 0.250. The number of aromatic nitrogens is 1. The minimum atomic E-state index is -4.99. The van der Waals surface area contributed by atoms with Crippen LogP contribution in [0.15, 0.2) is 36.5 Å². The number of alkyl carbamates (subject to hydrolysis) is 1. The minimum absolute atomic E-state index is 0.123. The molecule has 0 radical (unpaired) electrons. The maximum absolute atomic E-state index is 13.6. The highest BCUT2D eigenvalue weighted by Crippen LogP contribution is 2.32. The van der Waals surface area contributed by atoms with Crippen molar-refractivity contribution in [2.45, 2.75) is 19.0 Å². The van der Waals surface area contributed by atoms with Gasteiger partial charge in [0.25, 0.3) is 0 Å². The van der Waals surface area contributed by atoms with Crippen molar-refractivity contribution in [3.63, 3.8) is 0 Å². The molecule has 0 fully saturated rings. The third-order valence-electron chi connectivity index (χ3n) is 3.43. The van der Waals surface area contributed by atoms with Crippen molar-refractivity contribution in [2.75, 3.05) is 6.61 Å². The highest BCUT2D eigenvalue weighted by atomic mass is 19.4. The molecule has 0 aliphatic carbocycles. The van der Waals surface area contributed by atoms with Crippen LogP contribution in [0.3, 0.4) is 0 Å². The molecule has 6 nitrogen and oxygen atoms in total. The molecule has 0 spiro atoms. The van der Waals surface area contributed by atoms with Crippen LogP contribution in [-0.2, 0) is 11.3 Å². The molecule has 26 heavy (non-hydrogen) atoms. The Morgan fingerprint density at radius 1 is 1.35 bits per heavy atom. The van der Waals surface area contributed by atoms with Gasteiger partial charge < -0.3 is 19.5 Å². The first kappa shape index (κ1) is 17.8. The Hall–Kier alpha value is -3.04. The quantitative estimate of drug-likeness (QED) is 0.833. The van der Waals surface area contributed by atoms with Gasteiger partial charge in [-0.25, -0.2) is 14.2 Å². The number of ether oxygens (including phenoxy) is 3. The summed E-state index contributed by atoms with van der Waals surface area (Å²) in [5.41, 5.74) is 0.862. The predicted molar refractivity (Wildman–Crippen MR) is 78.9 cm³/mol. The molecule has 138 valence electrons. The summed E-state index contributed by atoms with van der Waals surface area (Å²) in [6.07, 6.45) is -4.86. The summed E-state index contributed by atoms with van der Waals surface area (Å²) in [6, 6.07) is 6.25. The first-order valence-electron chi connectivity index (χ1n) is 7.38. The summed E-state index contributed by atoms with van der Waals surface area (Å²) < 4.78 is 63.9. The molecule has 1 aliphatic heterocycles. The van der Waals surface area contributed by atoms with Gasteiger partial charge in [-0.1, -0.05) is 6.07 Å². The number of halogens is 4. The lowest BCUT2D eigenvalue weighted by Crippen LogP contribution is -2.26. The zero-order valence-corrected chi connectivity index (χ0v) is 13.0. The molecule has 1 aliphatic rings. The second-order valence-corrected chi connectivity index (χ2v) is 5.27. The third-order valence-corrected chi connectivity index (χ3v) is 3.43. The summed E-state index contributed by atoms with van der Waals surface area (Å²) in [7, 11) is 0. The van der Waals surface area contributed by atoms with E-state index in [1.165, 1.54) is 6.07 Å². The van der Waals surface area contributed by atoms with Gasteiger partial charge in [0.2, 0.25) is 5.88 Å². The molecule has 3 rings (SSSR count). The summed E-state index contributed by atoms with van der Waals surface area (Å²) in [6.45, 7) is -0.0204. The summed E-state index contributed by atoms with van der Waals surface area (Å²) in [4.78, 5) is 15.8. The van der Waals surface area contributed by atoms with Gasteiger partial charge in [0.15, 0.2) is 17.7 Å². The van der Waals surface area contributed by atoms with Crippen LogP contribution >= 0.6 is 0 Å². The average Bonchev–Trinajstić information content (AvgIpc) is 2.97. The number of carbonyl (C=O) groups is 1. The Balaban J connectivity index is 1.54. The molecule has 0 bridgehead atoms. The lowest BCUT2D eigenvalue weighted by Gasteiger charge is -2.13. The van der Waals surface area contributed by atoms with Crippen LogP contribution in [0.2, 0.25) is 0 Å². The normalized spacial score (nSPS) is 15.8. The molecule has 1 amide bonds. The van der Waals surface area contributed by atoms with E-state index in [1.807, 2.05) is 0 Å². The topological polar surface area (TPSA) is 69.7 Å². The predicted octanol–water partition coefficient (Wildman–Crippen LogP) is 3.48. The number of nitrogens with one attached hydrogen (secondary N) is 1. The summed E-state index contributed by atoms with van der Waals surface area (Å²) in [5.74, 6) is -1.76. The Morgan fingerprint density at radius 3 is 2.88 bits per heavy atom. The van der Waals surface area contributed by atoms with Crippen LogP contribution in [0.25, 0.3) is 0 Å². The van der Waals surface area contributed by atoms with Gasteiger partial charge in [0, 0.05) is 12.7 Å². The second-order valence-electron chi connectivity index (χ2n) is 5.27. The van der Waals surface area contributed by atoms with E-state index in [9.17, 15) is 22.4 Å². The van der Waals surface area contributed by atoms with Gasteiger partial charge in [0.1, 0.15) is 6.61 Å². The molecular formula is C16H12F4N2O4. The molecule has 10 heteroatoms. The van der Waals surface area contributed by atoms with Gasteiger partial charge >= 0.3 is 12.5 Å². The lowest BCUT2D eigenvalue weighted by molar-refractivity contribution is -0.275. The number of fused-ring (bicyclic) bond motifs is 1. The van der Waals surface area contributed by atoms with Crippen molar-refractivity contribution in [1.29, 1.82) is 0 Å². The van der Waals surface area contributed by atoms with Crippen molar-refractivity contribution < 1.29 is 36.6 Å². The van der Waals surface area contributed by atoms with E-state index in [1.54, 1.807) is 18.3 Å². The Bertz CT molecular complexity index is 813. The molecule has 1 N–H and O–H groups in total. The highest BCUT2D eigenvalue weighted by molar-refractivity contribution is 5.67. The zero-order valence-electron chi connectivity index (χ0n) is 13.0. The van der Waals surface area contributed by atoms with Gasteiger partial charge in [-0.3, -0.25) is 0 Å². The number of alkyl halides is 3. The third kappa shape index (κ3) is 4.32. The van der Waals surface area contributed by atoms with Crippen molar-refractivity contribution in [1.82, 2.24) is 10.3 Å². The van der Waals surface area contributed by atoms with E-state index in [4.69, 9.17) is 9.47 Å². The Kier molecular flexibility index (Phi) is 4.83. The number of hydrogen-bond donors (Lipinski definition) is 1. The second kappa shape index (κ2) is 7.06. The molecular weight excluding hydrogens is 360 g/mol. The minimum Gasteiger partial charge on any atom is -0.473 e. The number of pyridine rings is 1. The highest BCUT2D eigenvalue weighted by Gasteiger charge is 2.32. The van der Waals surface area contributed by atoms with E-state index in [0.29, 0.717) is 11.4 Å². The zero-order chi connectivity index (χ0) is 18.7. The average molecular weight is 372 g/mol. The molecule has 1 aromatic carbocycles. The summed E-state index contributed by atoms with van der Waals surface area (Å²) in [5, 5.41) is 2.38. The molecule has 1 unspecified atom stereocenters. The van der Waals surface area contributed by atoms with Gasteiger partial charge in [-0.2, -0.15) is 0 Å². The number of nitrogens with zero attached hydrogens (tertiary/aromatic N) is 1. The number of hydrogen-bond acceptors (Lipinski definition) is 5. The maximum Gasteiger partial charge on any atom is 0.573 e. The molecule has 1 atom stereocenters. The Labute approximate surface area is 144 Å². The van der Waals surface area contributed by atoms with Gasteiger partial charge in [-0.05, 0) is 29.8 Å². The Morgan fingerprint density at radius 2 is 2.15 bits per heavy atom. The van der Waals surface area contributed by atoms with Crippen LogP contribution in [-0.4, -0.2) is 24.0 Å². The van der Waals surface area contributed by atoms with Crippen LogP contribution < -0.4 is 14.8 Å². The van der Waals surface area contributed by atoms with Crippen LogP contribution in [0.1, 0.15) is 17.2 Å². The van der Waals surface area contributed by atoms with Crippen molar-refractivity contribution in [3.05, 3.63) is 53.5 Å². The standard InChI is InChI=1S/C16H12F4N2O4/c17-11-6-9(3-4-12(11)26-16(18,19)20)7-22-15(23)25-13-8-24-14-10(13)2-1-5-21-14/h1-6,13H,7-8H2,(H,22,23).